The van der Waals surface area contributed by atoms with Crippen LogP contribution in [-0.4, -0.2) is 47.3 Å². The van der Waals surface area contributed by atoms with E-state index >= 15 is 0 Å². The van der Waals surface area contributed by atoms with Crippen LogP contribution in [0.25, 0.3) is 22.2 Å². The van der Waals surface area contributed by atoms with Gasteiger partial charge in [-0.25, -0.2) is 0 Å². The fourth-order valence-corrected chi connectivity index (χ4v) is 4.23. The highest BCUT2D eigenvalue weighted by Crippen LogP contribution is 2.38. The van der Waals surface area contributed by atoms with Crippen molar-refractivity contribution in [3.05, 3.63) is 54.1 Å². The van der Waals surface area contributed by atoms with Gasteiger partial charge in [-0.15, -0.1) is 13.2 Å². The number of carbonyl (C=O) groups is 2. The molecule has 1 aromatic heterocycles. The topological polar surface area (TPSA) is 63.6 Å². The third-order valence-electron chi connectivity index (χ3n) is 5.77. The van der Waals surface area contributed by atoms with Gasteiger partial charge in [-0.3, -0.25) is 9.59 Å². The maximum atomic E-state index is 13.1. The zero-order valence-electron chi connectivity index (χ0n) is 21.6. The lowest BCUT2D eigenvalue weighted by molar-refractivity contribution is -0.274. The molecule has 9 heteroatoms. The molecular weight excluding hydrogens is 471 g/mol. The van der Waals surface area contributed by atoms with Gasteiger partial charge >= 0.3 is 6.36 Å². The number of aromatic nitrogens is 1. The Bertz CT molecular complexity index is 1280. The number of halogens is 3. The number of amides is 2. The number of nitrogens with one attached hydrogen (secondary N) is 1. The molecule has 0 aliphatic rings. The van der Waals surface area contributed by atoms with E-state index in [-0.39, 0.29) is 29.7 Å². The summed E-state index contributed by atoms with van der Waals surface area (Å²) in [4.78, 5) is 27.2. The maximum absolute atomic E-state index is 13.1. The van der Waals surface area contributed by atoms with Crippen LogP contribution in [0.5, 0.6) is 5.75 Å². The lowest BCUT2D eigenvalue weighted by Crippen LogP contribution is -2.42. The quantitative estimate of drug-likeness (QED) is 0.484. The fourth-order valence-electron chi connectivity index (χ4n) is 4.23. The molecular formula is C27H32F3N3O3. The minimum Gasteiger partial charge on any atom is -0.405 e. The molecule has 194 valence electrons. The van der Waals surface area contributed by atoms with Gasteiger partial charge in [0.1, 0.15) is 12.3 Å². The Hall–Kier alpha value is -3.49. The van der Waals surface area contributed by atoms with Crippen molar-refractivity contribution in [1.29, 1.82) is 0 Å². The second-order valence-corrected chi connectivity index (χ2v) is 10.6. The molecule has 2 aromatic carbocycles. The van der Waals surface area contributed by atoms with Crippen LogP contribution >= 0.6 is 0 Å². The number of para-hydroxylation sites is 1. The molecule has 0 spiro atoms. The number of carbonyl (C=O) groups excluding carboxylic acids is 2. The summed E-state index contributed by atoms with van der Waals surface area (Å²) < 4.78 is 45.4. The normalized spacial score (nSPS) is 12.5. The van der Waals surface area contributed by atoms with Gasteiger partial charge in [0, 0.05) is 36.1 Å². The molecule has 0 radical (unpaired) electrons. The van der Waals surface area contributed by atoms with E-state index < -0.39 is 17.3 Å². The highest BCUT2D eigenvalue weighted by atomic mass is 19.4. The van der Waals surface area contributed by atoms with Crippen molar-refractivity contribution in [2.24, 2.45) is 0 Å². The van der Waals surface area contributed by atoms with Crippen LogP contribution in [0, 0.1) is 0 Å². The molecule has 0 saturated carbocycles. The van der Waals surface area contributed by atoms with Crippen molar-refractivity contribution in [3.63, 3.8) is 0 Å². The van der Waals surface area contributed by atoms with E-state index in [1.165, 1.54) is 23.1 Å². The summed E-state index contributed by atoms with van der Waals surface area (Å²) in [5.74, 6) is -0.744. The van der Waals surface area contributed by atoms with Crippen LogP contribution in [0.4, 0.5) is 13.2 Å². The first-order valence-electron chi connectivity index (χ1n) is 11.5. The van der Waals surface area contributed by atoms with E-state index in [0.29, 0.717) is 16.6 Å². The molecule has 0 aliphatic heterocycles. The Morgan fingerprint density at radius 2 is 1.61 bits per heavy atom. The number of ether oxygens (including phenoxy) is 1. The number of nitrogens with zero attached hydrogens (tertiary/aromatic N) is 2. The molecule has 0 fully saturated rings. The number of hydrogen-bond acceptors (Lipinski definition) is 3. The molecule has 0 bridgehead atoms. The first kappa shape index (κ1) is 27.1. The lowest BCUT2D eigenvalue weighted by atomic mass is 9.83. The van der Waals surface area contributed by atoms with Gasteiger partial charge in [0.25, 0.3) is 0 Å². The Kier molecular flexibility index (Phi) is 7.17. The van der Waals surface area contributed by atoms with Crippen LogP contribution in [0.15, 0.2) is 48.5 Å². The minimum absolute atomic E-state index is 0.0880. The van der Waals surface area contributed by atoms with Crippen LogP contribution in [0.3, 0.4) is 0 Å². The first-order chi connectivity index (χ1) is 16.5. The highest BCUT2D eigenvalue weighted by Gasteiger charge is 2.34. The monoisotopic (exact) mass is 503 g/mol. The Morgan fingerprint density at radius 1 is 0.972 bits per heavy atom. The number of benzene rings is 2. The molecule has 6 nitrogen and oxygen atoms in total. The van der Waals surface area contributed by atoms with Gasteiger partial charge in [-0.1, -0.05) is 18.2 Å². The summed E-state index contributed by atoms with van der Waals surface area (Å²) in [6.07, 6.45) is -4.87. The number of alkyl halides is 3. The third kappa shape index (κ3) is 6.01. The second kappa shape index (κ2) is 9.52. The first-order valence-corrected chi connectivity index (χ1v) is 11.5. The number of likely N-dealkylation sites (N-methyl/N-ethyl adjacent to an activating group) is 1. The van der Waals surface area contributed by atoms with E-state index in [1.807, 2.05) is 46.8 Å². The molecule has 3 rings (SSSR count). The van der Waals surface area contributed by atoms with Gasteiger partial charge in [-0.2, -0.15) is 0 Å². The molecule has 0 unspecified atom stereocenters. The summed E-state index contributed by atoms with van der Waals surface area (Å²) in [5.41, 5.74) is 0.661. The smallest absolute Gasteiger partial charge is 0.405 e. The SMILES string of the molecule is CN(C)C(=O)C(C)(C)c1ccc2c(c1)cc(-c1ccccc1OC(F)(F)F)n2CC(=O)NC(C)(C)C. The predicted octanol–water partition coefficient (Wildman–Crippen LogP) is 5.49. The zero-order chi connectivity index (χ0) is 27.1. The van der Waals surface area contributed by atoms with Gasteiger partial charge in [0.15, 0.2) is 0 Å². The largest absolute Gasteiger partial charge is 0.573 e. The van der Waals surface area contributed by atoms with Crippen molar-refractivity contribution in [3.8, 4) is 17.0 Å². The van der Waals surface area contributed by atoms with Crippen molar-refractivity contribution in [1.82, 2.24) is 14.8 Å². The number of hydrogen-bond donors (Lipinski definition) is 1. The van der Waals surface area contributed by atoms with E-state index in [9.17, 15) is 22.8 Å². The number of rotatable bonds is 6. The van der Waals surface area contributed by atoms with Gasteiger partial charge < -0.3 is 19.5 Å². The fraction of sp³-hybridized carbons (Fsp3) is 0.407. The highest BCUT2D eigenvalue weighted by molar-refractivity contribution is 5.93. The standard InChI is InChI=1S/C27H32F3N3O3/c1-25(2,3)31-23(34)16-33-20-13-12-18(26(4,5)24(35)32(6)7)14-17(20)15-21(33)19-10-8-9-11-22(19)36-27(28,29)30/h8-15H,16H2,1-7H3,(H,31,34). The molecule has 2 amide bonds. The van der Waals surface area contributed by atoms with Crippen LogP contribution < -0.4 is 10.1 Å². The third-order valence-corrected chi connectivity index (χ3v) is 5.77. The average molecular weight is 504 g/mol. The molecule has 1 heterocycles. The van der Waals surface area contributed by atoms with Gasteiger partial charge in [0.05, 0.1) is 11.1 Å². The summed E-state index contributed by atoms with van der Waals surface area (Å²) in [6.45, 7) is 9.07. The molecule has 0 saturated heterocycles. The summed E-state index contributed by atoms with van der Waals surface area (Å²) >= 11 is 0. The van der Waals surface area contributed by atoms with E-state index in [2.05, 4.69) is 10.1 Å². The van der Waals surface area contributed by atoms with E-state index in [1.54, 1.807) is 36.9 Å². The lowest BCUT2D eigenvalue weighted by Gasteiger charge is -2.27. The minimum atomic E-state index is -4.87. The number of fused-ring (bicyclic) bond motifs is 1. The van der Waals surface area contributed by atoms with Crippen LogP contribution in [0.1, 0.15) is 40.2 Å². The van der Waals surface area contributed by atoms with E-state index in [0.717, 1.165) is 5.56 Å². The second-order valence-electron chi connectivity index (χ2n) is 10.6. The predicted molar refractivity (Wildman–Crippen MR) is 134 cm³/mol. The zero-order valence-corrected chi connectivity index (χ0v) is 21.6. The summed E-state index contributed by atoms with van der Waals surface area (Å²) in [6, 6.07) is 13.0. The summed E-state index contributed by atoms with van der Waals surface area (Å²) in [7, 11) is 3.37. The molecule has 1 N–H and O–H groups in total. The Balaban J connectivity index is 2.21. The molecule has 3 aromatic rings. The maximum Gasteiger partial charge on any atom is 0.573 e. The van der Waals surface area contributed by atoms with Gasteiger partial charge in [-0.05, 0) is 70.5 Å². The van der Waals surface area contributed by atoms with Crippen LogP contribution in [-0.2, 0) is 21.5 Å². The Morgan fingerprint density at radius 3 is 2.19 bits per heavy atom. The molecule has 0 atom stereocenters. The van der Waals surface area contributed by atoms with Crippen molar-refractivity contribution >= 4 is 22.7 Å². The summed E-state index contributed by atoms with van der Waals surface area (Å²) in [5, 5.41) is 3.58. The van der Waals surface area contributed by atoms with Crippen molar-refractivity contribution in [2.75, 3.05) is 14.1 Å². The van der Waals surface area contributed by atoms with Crippen molar-refractivity contribution in [2.45, 2.75) is 58.5 Å². The van der Waals surface area contributed by atoms with Gasteiger partial charge in [0.2, 0.25) is 11.8 Å². The van der Waals surface area contributed by atoms with E-state index in [4.69, 9.17) is 0 Å². The average Bonchev–Trinajstić information content (AvgIpc) is 3.08. The van der Waals surface area contributed by atoms with Crippen molar-refractivity contribution < 1.29 is 27.5 Å². The van der Waals surface area contributed by atoms with Crippen LogP contribution in [0.2, 0.25) is 0 Å². The molecule has 36 heavy (non-hydrogen) atoms. The Labute approximate surface area is 209 Å². The molecule has 0 aliphatic carbocycles.